The molecule has 1 aromatic carbocycles. The van der Waals surface area contributed by atoms with Crippen molar-refractivity contribution in [3.05, 3.63) is 52.7 Å². The number of hydrogen-bond acceptors (Lipinski definition) is 6. The first kappa shape index (κ1) is 17.7. The van der Waals surface area contributed by atoms with Gasteiger partial charge >= 0.3 is 6.18 Å². The molecule has 0 N–H and O–H groups in total. The zero-order chi connectivity index (χ0) is 19.0. The first-order valence-corrected chi connectivity index (χ1v) is 8.48. The number of rotatable bonds is 4. The fraction of sp³-hybridized carbons (Fsp3) is 0.412. The Balaban J connectivity index is 1.81. The van der Waals surface area contributed by atoms with Crippen LogP contribution in [0.5, 0.6) is 0 Å². The third-order valence-corrected chi connectivity index (χ3v) is 4.64. The molecular formula is C17H16F3N5O2. The molecule has 0 bridgehead atoms. The molecule has 10 heteroatoms. The summed E-state index contributed by atoms with van der Waals surface area (Å²) >= 11 is 0. The maximum absolute atomic E-state index is 13.2. The van der Waals surface area contributed by atoms with Gasteiger partial charge in [0.15, 0.2) is 5.82 Å². The molecule has 4 rings (SSSR count). The lowest BCUT2D eigenvalue weighted by Gasteiger charge is -2.25. The van der Waals surface area contributed by atoms with Crippen LogP contribution in [0.25, 0.3) is 10.9 Å². The maximum atomic E-state index is 13.2. The van der Waals surface area contributed by atoms with Gasteiger partial charge < -0.3 is 4.52 Å². The van der Waals surface area contributed by atoms with Crippen molar-refractivity contribution < 1.29 is 17.7 Å². The van der Waals surface area contributed by atoms with Crippen LogP contribution in [0.3, 0.4) is 0 Å². The van der Waals surface area contributed by atoms with Crippen molar-refractivity contribution in [2.75, 3.05) is 6.54 Å². The molecule has 0 saturated carbocycles. The number of para-hydroxylation sites is 1. The number of halogens is 3. The number of fused-ring (bicyclic) bond motifs is 1. The summed E-state index contributed by atoms with van der Waals surface area (Å²) in [7, 11) is 0. The van der Waals surface area contributed by atoms with Crippen LogP contribution in [-0.2, 0) is 13.1 Å². The Bertz CT molecular complexity index is 1000. The number of likely N-dealkylation sites (tertiary alicyclic amines) is 1. The molecule has 3 heterocycles. The number of alkyl halides is 3. The van der Waals surface area contributed by atoms with Gasteiger partial charge in [-0.3, -0.25) is 14.3 Å². The lowest BCUT2D eigenvalue weighted by atomic mass is 10.1. The van der Waals surface area contributed by atoms with Crippen molar-refractivity contribution in [2.24, 2.45) is 0 Å². The molecule has 0 spiro atoms. The SMILES string of the molecule is O=c1c2ccccc2nc(C2CCCN2Cc2ncon2)n1CC(F)(F)F. The summed E-state index contributed by atoms with van der Waals surface area (Å²) in [5, 5.41) is 3.93. The molecule has 1 fully saturated rings. The second-order valence-electron chi connectivity index (χ2n) is 6.47. The molecule has 1 aliphatic heterocycles. The monoisotopic (exact) mass is 379 g/mol. The highest BCUT2D eigenvalue weighted by Gasteiger charge is 2.35. The number of nitrogens with zero attached hydrogens (tertiary/aromatic N) is 5. The highest BCUT2D eigenvalue weighted by atomic mass is 19.4. The van der Waals surface area contributed by atoms with E-state index in [1.807, 2.05) is 4.90 Å². The maximum Gasteiger partial charge on any atom is 0.406 e. The zero-order valence-electron chi connectivity index (χ0n) is 14.2. The minimum Gasteiger partial charge on any atom is -0.343 e. The predicted octanol–water partition coefficient (Wildman–Crippen LogP) is 2.68. The van der Waals surface area contributed by atoms with Crippen molar-refractivity contribution in [3.8, 4) is 0 Å². The predicted molar refractivity (Wildman–Crippen MR) is 88.7 cm³/mol. The highest BCUT2D eigenvalue weighted by Crippen LogP contribution is 2.33. The van der Waals surface area contributed by atoms with Gasteiger partial charge in [-0.15, -0.1) is 0 Å². The first-order chi connectivity index (χ1) is 12.9. The normalized spacial score (nSPS) is 18.4. The highest BCUT2D eigenvalue weighted by molar-refractivity contribution is 5.77. The Hall–Kier alpha value is -2.75. The van der Waals surface area contributed by atoms with E-state index in [0.29, 0.717) is 30.9 Å². The summed E-state index contributed by atoms with van der Waals surface area (Å²) in [4.78, 5) is 23.1. The lowest BCUT2D eigenvalue weighted by molar-refractivity contribution is -0.142. The van der Waals surface area contributed by atoms with Crippen LogP contribution in [0, 0.1) is 0 Å². The minimum atomic E-state index is -4.53. The van der Waals surface area contributed by atoms with Crippen molar-refractivity contribution in [1.82, 2.24) is 24.6 Å². The number of hydrogen-bond donors (Lipinski definition) is 0. The molecule has 1 atom stereocenters. The fourth-order valence-electron chi connectivity index (χ4n) is 3.52. The van der Waals surface area contributed by atoms with Gasteiger partial charge in [-0.2, -0.15) is 18.2 Å². The summed E-state index contributed by atoms with van der Waals surface area (Å²) in [6, 6.07) is 6.02. The Morgan fingerprint density at radius 2 is 2.07 bits per heavy atom. The molecular weight excluding hydrogens is 363 g/mol. The molecule has 27 heavy (non-hydrogen) atoms. The smallest absolute Gasteiger partial charge is 0.343 e. The molecule has 1 aliphatic rings. The molecule has 1 unspecified atom stereocenters. The third-order valence-electron chi connectivity index (χ3n) is 4.64. The standard InChI is InChI=1S/C17H16F3N5O2/c18-17(19,20)9-25-15(22-12-5-2-1-4-11(12)16(25)26)13-6-3-7-24(13)8-14-21-10-27-23-14/h1-2,4-5,10,13H,3,6-9H2. The van der Waals surface area contributed by atoms with E-state index in [-0.39, 0.29) is 11.2 Å². The van der Waals surface area contributed by atoms with Crippen molar-refractivity contribution >= 4 is 10.9 Å². The van der Waals surface area contributed by atoms with E-state index >= 15 is 0 Å². The number of benzene rings is 1. The lowest BCUT2D eigenvalue weighted by Crippen LogP contribution is -2.35. The van der Waals surface area contributed by atoms with Crippen LogP contribution in [0.4, 0.5) is 13.2 Å². The summed E-state index contributed by atoms with van der Waals surface area (Å²) < 4.78 is 44.9. The van der Waals surface area contributed by atoms with E-state index in [9.17, 15) is 18.0 Å². The third kappa shape index (κ3) is 3.57. The molecule has 0 amide bonds. The van der Waals surface area contributed by atoms with Gasteiger partial charge in [0.05, 0.1) is 23.5 Å². The van der Waals surface area contributed by atoms with E-state index < -0.39 is 24.3 Å². The van der Waals surface area contributed by atoms with Crippen LogP contribution in [0.2, 0.25) is 0 Å². The van der Waals surface area contributed by atoms with Crippen LogP contribution in [0.15, 0.2) is 40.0 Å². The Morgan fingerprint density at radius 3 is 2.81 bits per heavy atom. The molecule has 7 nitrogen and oxygen atoms in total. The Kier molecular flexibility index (Phi) is 4.42. The largest absolute Gasteiger partial charge is 0.406 e. The molecule has 2 aromatic heterocycles. The topological polar surface area (TPSA) is 77.1 Å². The fourth-order valence-corrected chi connectivity index (χ4v) is 3.52. The molecule has 3 aromatic rings. The van der Waals surface area contributed by atoms with Gasteiger partial charge in [0, 0.05) is 0 Å². The van der Waals surface area contributed by atoms with Crippen LogP contribution >= 0.6 is 0 Å². The van der Waals surface area contributed by atoms with Gasteiger partial charge in [-0.25, -0.2) is 4.98 Å². The summed E-state index contributed by atoms with van der Waals surface area (Å²) in [6.45, 7) is -0.407. The van der Waals surface area contributed by atoms with Gasteiger partial charge in [0.1, 0.15) is 12.4 Å². The van der Waals surface area contributed by atoms with Gasteiger partial charge in [-0.1, -0.05) is 17.3 Å². The van der Waals surface area contributed by atoms with Crippen molar-refractivity contribution in [2.45, 2.75) is 38.1 Å². The summed E-state index contributed by atoms with van der Waals surface area (Å²) in [5.74, 6) is 0.560. The second kappa shape index (κ2) is 6.76. The van der Waals surface area contributed by atoms with E-state index in [4.69, 9.17) is 4.52 Å². The van der Waals surface area contributed by atoms with E-state index in [2.05, 4.69) is 15.1 Å². The van der Waals surface area contributed by atoms with Crippen LogP contribution in [-0.4, -0.2) is 37.3 Å². The average molecular weight is 379 g/mol. The van der Waals surface area contributed by atoms with Crippen LogP contribution < -0.4 is 5.56 Å². The van der Waals surface area contributed by atoms with Gasteiger partial charge in [0.2, 0.25) is 6.39 Å². The average Bonchev–Trinajstić information content (AvgIpc) is 3.29. The second-order valence-corrected chi connectivity index (χ2v) is 6.47. The molecule has 0 aliphatic carbocycles. The van der Waals surface area contributed by atoms with Crippen LogP contribution in [0.1, 0.15) is 30.5 Å². The van der Waals surface area contributed by atoms with E-state index in [1.165, 1.54) is 12.5 Å². The molecule has 1 saturated heterocycles. The molecule has 142 valence electrons. The van der Waals surface area contributed by atoms with Crippen molar-refractivity contribution in [1.29, 1.82) is 0 Å². The summed E-state index contributed by atoms with van der Waals surface area (Å²) in [5.41, 5.74) is -0.290. The molecule has 0 radical (unpaired) electrons. The van der Waals surface area contributed by atoms with Gasteiger partial charge in [0.25, 0.3) is 5.56 Å². The summed E-state index contributed by atoms with van der Waals surface area (Å²) in [6.07, 6.45) is -1.95. The van der Waals surface area contributed by atoms with Crippen molar-refractivity contribution in [3.63, 3.8) is 0 Å². The zero-order valence-corrected chi connectivity index (χ0v) is 14.2. The minimum absolute atomic E-state index is 0.122. The number of aromatic nitrogens is 4. The first-order valence-electron chi connectivity index (χ1n) is 8.48. The Morgan fingerprint density at radius 1 is 1.26 bits per heavy atom. The van der Waals surface area contributed by atoms with E-state index in [1.54, 1.807) is 18.2 Å². The van der Waals surface area contributed by atoms with Gasteiger partial charge in [-0.05, 0) is 31.5 Å². The van der Waals surface area contributed by atoms with E-state index in [0.717, 1.165) is 11.0 Å². The Labute approximate surface area is 151 Å². The quantitative estimate of drug-likeness (QED) is 0.694.